The number of rotatable bonds is 4. The molecule has 0 radical (unpaired) electrons. The highest BCUT2D eigenvalue weighted by Gasteiger charge is 2.55. The van der Waals surface area contributed by atoms with E-state index >= 15 is 0 Å². The Labute approximate surface area is 102 Å². The molecular formula is C13H20N2O2. The van der Waals surface area contributed by atoms with Crippen LogP contribution in [0.2, 0.25) is 0 Å². The fourth-order valence-corrected chi connectivity index (χ4v) is 2.43. The minimum absolute atomic E-state index is 0.0305. The molecule has 0 bridgehead atoms. The zero-order valence-corrected chi connectivity index (χ0v) is 10.7. The van der Waals surface area contributed by atoms with Crippen molar-refractivity contribution >= 4 is 5.91 Å². The van der Waals surface area contributed by atoms with Gasteiger partial charge in [-0.15, -0.1) is 0 Å². The van der Waals surface area contributed by atoms with Gasteiger partial charge in [0.1, 0.15) is 5.41 Å². The number of amides is 1. The molecule has 1 amide bonds. The first-order chi connectivity index (χ1) is 7.96. The van der Waals surface area contributed by atoms with Crippen LogP contribution in [0, 0.1) is 22.2 Å². The second-order valence-electron chi connectivity index (χ2n) is 5.72. The van der Waals surface area contributed by atoms with Gasteiger partial charge in [-0.05, 0) is 26.2 Å². The quantitative estimate of drug-likeness (QED) is 0.806. The molecule has 4 nitrogen and oxygen atoms in total. The molecule has 94 valence electrons. The lowest BCUT2D eigenvalue weighted by molar-refractivity contribution is -0.139. The van der Waals surface area contributed by atoms with E-state index in [1.807, 2.05) is 6.92 Å². The molecule has 0 aromatic heterocycles. The number of ether oxygens (including phenoxy) is 1. The predicted octanol–water partition coefficient (Wildman–Crippen LogP) is 1.61. The van der Waals surface area contributed by atoms with Gasteiger partial charge < -0.3 is 10.1 Å². The van der Waals surface area contributed by atoms with E-state index in [1.54, 1.807) is 0 Å². The maximum Gasteiger partial charge on any atom is 0.240 e. The Kier molecular flexibility index (Phi) is 2.90. The van der Waals surface area contributed by atoms with Crippen molar-refractivity contribution in [3.8, 4) is 6.07 Å². The van der Waals surface area contributed by atoms with Crippen molar-refractivity contribution in [1.29, 1.82) is 5.26 Å². The van der Waals surface area contributed by atoms with E-state index in [0.29, 0.717) is 19.4 Å². The summed E-state index contributed by atoms with van der Waals surface area (Å²) in [6.07, 6.45) is 2.48. The molecule has 2 fully saturated rings. The second kappa shape index (κ2) is 3.99. The second-order valence-corrected chi connectivity index (χ2v) is 5.72. The Balaban J connectivity index is 1.90. The lowest BCUT2D eigenvalue weighted by atomic mass is 9.64. The number of carbonyl (C=O) groups excluding carboxylic acids is 1. The van der Waals surface area contributed by atoms with Crippen molar-refractivity contribution in [3.63, 3.8) is 0 Å². The molecule has 2 aliphatic carbocycles. The van der Waals surface area contributed by atoms with Crippen LogP contribution in [0.5, 0.6) is 0 Å². The van der Waals surface area contributed by atoms with E-state index in [2.05, 4.69) is 25.2 Å². The van der Waals surface area contributed by atoms with Gasteiger partial charge in [0.25, 0.3) is 0 Å². The van der Waals surface area contributed by atoms with Crippen molar-refractivity contribution in [2.75, 3.05) is 6.61 Å². The van der Waals surface area contributed by atoms with Crippen molar-refractivity contribution in [2.45, 2.75) is 52.2 Å². The summed E-state index contributed by atoms with van der Waals surface area (Å²) in [5.41, 5.74) is -0.746. The van der Waals surface area contributed by atoms with Crippen LogP contribution in [0.3, 0.4) is 0 Å². The predicted molar refractivity (Wildman–Crippen MR) is 63.0 cm³/mol. The number of nitrogens with one attached hydrogen (secondary N) is 1. The molecule has 0 aromatic rings. The van der Waals surface area contributed by atoms with Crippen LogP contribution in [-0.2, 0) is 9.53 Å². The van der Waals surface area contributed by atoms with Crippen LogP contribution in [0.1, 0.15) is 40.0 Å². The van der Waals surface area contributed by atoms with E-state index in [1.165, 1.54) is 0 Å². The molecule has 0 aliphatic heterocycles. The van der Waals surface area contributed by atoms with Gasteiger partial charge in [-0.2, -0.15) is 5.26 Å². The van der Waals surface area contributed by atoms with Crippen molar-refractivity contribution < 1.29 is 9.53 Å². The lowest BCUT2D eigenvalue weighted by Crippen LogP contribution is -2.62. The number of hydrogen-bond donors (Lipinski definition) is 1. The molecule has 2 atom stereocenters. The zero-order valence-electron chi connectivity index (χ0n) is 10.7. The maximum absolute atomic E-state index is 11.9. The zero-order chi connectivity index (χ0) is 12.7. The highest BCUT2D eigenvalue weighted by atomic mass is 16.5. The first kappa shape index (κ1) is 12.4. The van der Waals surface area contributed by atoms with Crippen LogP contribution in [0.4, 0.5) is 0 Å². The standard InChI is InChI=1S/C13H20N2O2/c1-4-17-10-7-9(12(10,2)3)15-11(16)13(8-14)5-6-13/h9-10H,4-7H2,1-3H3,(H,15,16). The summed E-state index contributed by atoms with van der Waals surface area (Å²) < 4.78 is 5.62. The van der Waals surface area contributed by atoms with Crippen molar-refractivity contribution in [3.05, 3.63) is 0 Å². The minimum Gasteiger partial charge on any atom is -0.378 e. The van der Waals surface area contributed by atoms with E-state index in [9.17, 15) is 4.79 Å². The van der Waals surface area contributed by atoms with Gasteiger partial charge in [0.2, 0.25) is 5.91 Å². The summed E-state index contributed by atoms with van der Waals surface area (Å²) in [5, 5.41) is 12.0. The number of nitriles is 1. The third kappa shape index (κ3) is 1.93. The summed E-state index contributed by atoms with van der Waals surface area (Å²) in [7, 11) is 0. The Morgan fingerprint density at radius 3 is 2.59 bits per heavy atom. The first-order valence-electron chi connectivity index (χ1n) is 6.30. The van der Waals surface area contributed by atoms with Gasteiger partial charge in [0.05, 0.1) is 12.2 Å². The summed E-state index contributed by atoms with van der Waals surface area (Å²) in [6, 6.07) is 2.26. The normalized spacial score (nSPS) is 32.1. The smallest absolute Gasteiger partial charge is 0.240 e. The van der Waals surface area contributed by atoms with Gasteiger partial charge in [-0.3, -0.25) is 4.79 Å². The van der Waals surface area contributed by atoms with Crippen LogP contribution in [-0.4, -0.2) is 24.7 Å². The van der Waals surface area contributed by atoms with Gasteiger partial charge in [0.15, 0.2) is 0 Å². The molecule has 0 saturated heterocycles. The molecule has 2 saturated carbocycles. The SMILES string of the molecule is CCOC1CC(NC(=O)C2(C#N)CC2)C1(C)C. The molecule has 0 spiro atoms. The van der Waals surface area contributed by atoms with Crippen molar-refractivity contribution in [1.82, 2.24) is 5.32 Å². The Hall–Kier alpha value is -1.08. The topological polar surface area (TPSA) is 62.1 Å². The summed E-state index contributed by atoms with van der Waals surface area (Å²) in [6.45, 7) is 6.90. The molecule has 0 aromatic carbocycles. The van der Waals surface area contributed by atoms with Gasteiger partial charge in [-0.25, -0.2) is 0 Å². The van der Waals surface area contributed by atoms with E-state index in [-0.39, 0.29) is 23.5 Å². The van der Waals surface area contributed by atoms with Crippen LogP contribution in [0.25, 0.3) is 0 Å². The monoisotopic (exact) mass is 236 g/mol. The third-order valence-electron chi connectivity index (χ3n) is 4.25. The fraction of sp³-hybridized carbons (Fsp3) is 0.846. The molecule has 2 unspecified atom stereocenters. The van der Waals surface area contributed by atoms with E-state index < -0.39 is 5.41 Å². The molecule has 2 aliphatic rings. The average molecular weight is 236 g/mol. The highest BCUT2D eigenvalue weighted by molar-refractivity contribution is 5.88. The summed E-state index contributed by atoms with van der Waals surface area (Å²) in [4.78, 5) is 11.9. The summed E-state index contributed by atoms with van der Waals surface area (Å²) in [5.74, 6) is -0.0898. The minimum atomic E-state index is -0.715. The average Bonchev–Trinajstić information content (AvgIpc) is 3.08. The van der Waals surface area contributed by atoms with Crippen LogP contribution in [0.15, 0.2) is 0 Å². The largest absolute Gasteiger partial charge is 0.378 e. The van der Waals surface area contributed by atoms with Gasteiger partial charge in [0, 0.05) is 18.1 Å². The van der Waals surface area contributed by atoms with Gasteiger partial charge in [-0.1, -0.05) is 13.8 Å². The Bertz CT molecular complexity index is 366. The van der Waals surface area contributed by atoms with E-state index in [4.69, 9.17) is 10.00 Å². The number of carbonyl (C=O) groups is 1. The summed E-state index contributed by atoms with van der Waals surface area (Å²) >= 11 is 0. The molecular weight excluding hydrogens is 216 g/mol. The first-order valence-corrected chi connectivity index (χ1v) is 6.30. The highest BCUT2D eigenvalue weighted by Crippen LogP contribution is 2.47. The molecule has 1 N–H and O–H groups in total. The number of hydrogen-bond acceptors (Lipinski definition) is 3. The van der Waals surface area contributed by atoms with Crippen LogP contribution < -0.4 is 5.32 Å². The Morgan fingerprint density at radius 2 is 2.18 bits per heavy atom. The lowest BCUT2D eigenvalue weighted by Gasteiger charge is -2.51. The molecule has 4 heteroatoms. The third-order valence-corrected chi connectivity index (χ3v) is 4.25. The fourth-order valence-electron chi connectivity index (χ4n) is 2.43. The maximum atomic E-state index is 11.9. The Morgan fingerprint density at radius 1 is 1.53 bits per heavy atom. The van der Waals surface area contributed by atoms with Crippen molar-refractivity contribution in [2.24, 2.45) is 10.8 Å². The molecule has 0 heterocycles. The molecule has 17 heavy (non-hydrogen) atoms. The van der Waals surface area contributed by atoms with E-state index in [0.717, 1.165) is 6.42 Å². The molecule has 2 rings (SSSR count). The number of nitrogens with zero attached hydrogens (tertiary/aromatic N) is 1. The van der Waals surface area contributed by atoms with Crippen LogP contribution >= 0.6 is 0 Å². The van der Waals surface area contributed by atoms with Gasteiger partial charge >= 0.3 is 0 Å².